The molecule has 2 atom stereocenters. The van der Waals surface area contributed by atoms with Crippen LogP contribution in [0.2, 0.25) is 0 Å². The van der Waals surface area contributed by atoms with Crippen LogP contribution in [0, 0.1) is 11.3 Å². The van der Waals surface area contributed by atoms with E-state index >= 15 is 0 Å². The number of morpholine rings is 1. The van der Waals surface area contributed by atoms with Crippen LogP contribution in [0.3, 0.4) is 0 Å². The van der Waals surface area contributed by atoms with Crippen molar-refractivity contribution in [2.45, 2.75) is 12.2 Å². The number of ether oxygens (including phenoxy) is 1. The smallest absolute Gasteiger partial charge is 0.241 e. The largest absolute Gasteiger partial charge is 0.447 e. The number of fused-ring (bicyclic) bond motifs is 1. The second-order valence-electron chi connectivity index (χ2n) is 4.05. The lowest BCUT2D eigenvalue weighted by Crippen LogP contribution is -2.44. The van der Waals surface area contributed by atoms with Gasteiger partial charge in [-0.2, -0.15) is 5.26 Å². The minimum Gasteiger partial charge on any atom is -0.447 e. The number of nitrogens with zero attached hydrogens (tertiary/aromatic N) is 2. The summed E-state index contributed by atoms with van der Waals surface area (Å²) in [7, 11) is 0. The Labute approximate surface area is 97.7 Å². The molecule has 2 unspecified atom stereocenters. The quantitative estimate of drug-likeness (QED) is 0.737. The third kappa shape index (κ3) is 1.60. The third-order valence-electron chi connectivity index (χ3n) is 3.09. The van der Waals surface area contributed by atoms with Crippen LogP contribution in [0.5, 0.6) is 0 Å². The molecule has 3 heterocycles. The molecule has 2 fully saturated rings. The Morgan fingerprint density at radius 1 is 1.53 bits per heavy atom. The molecule has 0 aliphatic carbocycles. The van der Waals surface area contributed by atoms with Crippen LogP contribution in [0.25, 0.3) is 0 Å². The lowest BCUT2D eigenvalue weighted by atomic mass is 10.2. The van der Waals surface area contributed by atoms with E-state index in [9.17, 15) is 4.79 Å². The molecule has 2 aliphatic rings. The van der Waals surface area contributed by atoms with Gasteiger partial charge in [0.1, 0.15) is 24.0 Å². The van der Waals surface area contributed by atoms with E-state index in [4.69, 9.17) is 14.4 Å². The van der Waals surface area contributed by atoms with Gasteiger partial charge in [-0.15, -0.1) is 0 Å². The van der Waals surface area contributed by atoms with E-state index in [1.54, 1.807) is 12.1 Å². The molecule has 3 rings (SSSR count). The maximum atomic E-state index is 11.7. The van der Waals surface area contributed by atoms with Gasteiger partial charge in [-0.1, -0.05) is 0 Å². The summed E-state index contributed by atoms with van der Waals surface area (Å²) in [6.45, 7) is 1.69. The molecule has 6 heteroatoms. The number of amides is 1. The van der Waals surface area contributed by atoms with Gasteiger partial charge in [0.05, 0.1) is 13.2 Å². The van der Waals surface area contributed by atoms with Crippen LogP contribution in [-0.4, -0.2) is 36.6 Å². The van der Waals surface area contributed by atoms with E-state index in [2.05, 4.69) is 5.32 Å². The van der Waals surface area contributed by atoms with Crippen molar-refractivity contribution in [1.29, 1.82) is 5.26 Å². The first-order valence-corrected chi connectivity index (χ1v) is 5.43. The zero-order valence-electron chi connectivity index (χ0n) is 9.05. The fourth-order valence-electron chi connectivity index (χ4n) is 2.26. The fourth-order valence-corrected chi connectivity index (χ4v) is 2.26. The van der Waals surface area contributed by atoms with Crippen molar-refractivity contribution in [2.75, 3.05) is 19.8 Å². The van der Waals surface area contributed by atoms with Gasteiger partial charge in [0.25, 0.3) is 0 Å². The summed E-state index contributed by atoms with van der Waals surface area (Å²) < 4.78 is 10.6. The molecule has 6 nitrogen and oxygen atoms in total. The summed E-state index contributed by atoms with van der Waals surface area (Å²) in [4.78, 5) is 13.7. The topological polar surface area (TPSA) is 78.5 Å². The summed E-state index contributed by atoms with van der Waals surface area (Å²) in [5.41, 5.74) is 0. The summed E-state index contributed by atoms with van der Waals surface area (Å²) in [6, 6.07) is 5.02. The summed E-state index contributed by atoms with van der Waals surface area (Å²) in [5, 5.41) is 11.6. The van der Waals surface area contributed by atoms with Gasteiger partial charge in [0.15, 0.2) is 0 Å². The van der Waals surface area contributed by atoms with Gasteiger partial charge >= 0.3 is 0 Å². The zero-order chi connectivity index (χ0) is 11.8. The van der Waals surface area contributed by atoms with E-state index in [1.165, 1.54) is 0 Å². The summed E-state index contributed by atoms with van der Waals surface area (Å²) in [6.07, 6.45) is -0.279. The highest BCUT2D eigenvalue weighted by molar-refractivity contribution is 5.84. The SMILES string of the molecule is N#Cc1ccc(C2NC(=O)C3COCCN32)o1. The molecule has 0 spiro atoms. The molecule has 0 radical (unpaired) electrons. The second-order valence-corrected chi connectivity index (χ2v) is 4.05. The lowest BCUT2D eigenvalue weighted by molar-refractivity contribution is -0.125. The summed E-state index contributed by atoms with van der Waals surface area (Å²) in [5.74, 6) is 0.801. The highest BCUT2D eigenvalue weighted by atomic mass is 16.5. The maximum absolute atomic E-state index is 11.7. The highest BCUT2D eigenvalue weighted by Crippen LogP contribution is 2.29. The number of nitriles is 1. The molecular weight excluding hydrogens is 222 g/mol. The first-order valence-electron chi connectivity index (χ1n) is 5.43. The average molecular weight is 233 g/mol. The van der Waals surface area contributed by atoms with Crippen LogP contribution in [0.15, 0.2) is 16.5 Å². The van der Waals surface area contributed by atoms with Crippen molar-refractivity contribution < 1.29 is 13.9 Å². The van der Waals surface area contributed by atoms with Crippen molar-refractivity contribution in [3.05, 3.63) is 23.7 Å². The van der Waals surface area contributed by atoms with Crippen LogP contribution in [0.4, 0.5) is 0 Å². The number of nitrogens with one attached hydrogen (secondary N) is 1. The number of hydrogen-bond donors (Lipinski definition) is 1. The van der Waals surface area contributed by atoms with E-state index in [0.717, 1.165) is 0 Å². The number of carbonyl (C=O) groups excluding carboxylic acids is 1. The Balaban J connectivity index is 1.88. The Hall–Kier alpha value is -1.84. The first-order chi connectivity index (χ1) is 8.29. The molecule has 0 bridgehead atoms. The molecular formula is C11H11N3O3. The van der Waals surface area contributed by atoms with Gasteiger partial charge in [0.2, 0.25) is 11.7 Å². The number of hydrogen-bond acceptors (Lipinski definition) is 5. The molecule has 1 aromatic rings. The number of rotatable bonds is 1. The monoisotopic (exact) mass is 233 g/mol. The van der Waals surface area contributed by atoms with Gasteiger partial charge in [-0.25, -0.2) is 0 Å². The predicted octanol–water partition coefficient (Wildman–Crippen LogP) is -0.0195. The Kier molecular flexibility index (Phi) is 2.35. The maximum Gasteiger partial charge on any atom is 0.241 e. The van der Waals surface area contributed by atoms with E-state index in [0.29, 0.717) is 25.5 Å². The molecule has 1 aromatic heterocycles. The van der Waals surface area contributed by atoms with Crippen molar-refractivity contribution in [3.8, 4) is 6.07 Å². The van der Waals surface area contributed by atoms with Crippen molar-refractivity contribution in [2.24, 2.45) is 0 Å². The Bertz CT molecular complexity index is 490. The van der Waals surface area contributed by atoms with E-state index in [1.807, 2.05) is 11.0 Å². The van der Waals surface area contributed by atoms with Gasteiger partial charge in [-0.3, -0.25) is 9.69 Å². The molecule has 0 saturated carbocycles. The third-order valence-corrected chi connectivity index (χ3v) is 3.09. The molecule has 17 heavy (non-hydrogen) atoms. The van der Waals surface area contributed by atoms with Crippen LogP contribution >= 0.6 is 0 Å². The normalized spacial score (nSPS) is 28.5. The minimum atomic E-state index is -0.279. The van der Waals surface area contributed by atoms with Gasteiger partial charge < -0.3 is 14.5 Å². The van der Waals surface area contributed by atoms with E-state index < -0.39 is 0 Å². The number of furan rings is 1. The van der Waals surface area contributed by atoms with Crippen LogP contribution in [-0.2, 0) is 9.53 Å². The predicted molar refractivity (Wildman–Crippen MR) is 55.6 cm³/mol. The average Bonchev–Trinajstić information content (AvgIpc) is 2.95. The fraction of sp³-hybridized carbons (Fsp3) is 0.455. The highest BCUT2D eigenvalue weighted by Gasteiger charge is 2.43. The standard InChI is InChI=1S/C11H11N3O3/c12-5-7-1-2-9(17-7)10-13-11(15)8-6-16-4-3-14(8)10/h1-2,8,10H,3-4,6H2,(H,13,15). The first kappa shape index (κ1) is 10.3. The summed E-state index contributed by atoms with van der Waals surface area (Å²) >= 11 is 0. The molecule has 1 N–H and O–H groups in total. The lowest BCUT2D eigenvalue weighted by Gasteiger charge is -2.30. The second kappa shape index (κ2) is 3.87. The molecule has 88 valence electrons. The molecule has 0 aromatic carbocycles. The van der Waals surface area contributed by atoms with Gasteiger partial charge in [-0.05, 0) is 12.1 Å². The van der Waals surface area contributed by atoms with Crippen LogP contribution < -0.4 is 5.32 Å². The van der Waals surface area contributed by atoms with Gasteiger partial charge in [0, 0.05) is 6.54 Å². The number of carbonyl (C=O) groups is 1. The van der Waals surface area contributed by atoms with Crippen molar-refractivity contribution in [3.63, 3.8) is 0 Å². The van der Waals surface area contributed by atoms with Crippen LogP contribution in [0.1, 0.15) is 17.7 Å². The molecule has 1 amide bonds. The van der Waals surface area contributed by atoms with Crippen molar-refractivity contribution >= 4 is 5.91 Å². The molecule has 2 aliphatic heterocycles. The molecule has 2 saturated heterocycles. The zero-order valence-corrected chi connectivity index (χ0v) is 9.05. The Morgan fingerprint density at radius 3 is 3.18 bits per heavy atom. The van der Waals surface area contributed by atoms with E-state index in [-0.39, 0.29) is 23.9 Å². The minimum absolute atomic E-state index is 0.0513. The Morgan fingerprint density at radius 2 is 2.41 bits per heavy atom. The van der Waals surface area contributed by atoms with Crippen molar-refractivity contribution in [1.82, 2.24) is 10.2 Å².